The van der Waals surface area contributed by atoms with Gasteiger partial charge < -0.3 is 0 Å². The SMILES string of the molecule is CC1(c2ccccc2)c2ccccc2-c2c(-c3cc(-c4cccc(-c5ccc6c(c5)sc5ccccc56)c4)nc(-c4ccccc4)n3)cccc21. The van der Waals surface area contributed by atoms with Crippen LogP contribution in [0.15, 0.2) is 176 Å². The molecule has 240 valence electrons. The topological polar surface area (TPSA) is 25.8 Å². The molecular formula is C48H32N2S. The maximum absolute atomic E-state index is 5.30. The van der Waals surface area contributed by atoms with Crippen LogP contribution in [0.4, 0.5) is 0 Å². The van der Waals surface area contributed by atoms with Crippen LogP contribution in [0, 0.1) is 0 Å². The molecule has 1 atom stereocenters. The summed E-state index contributed by atoms with van der Waals surface area (Å²) in [4.78, 5) is 10.5. The maximum Gasteiger partial charge on any atom is 0.160 e. The molecule has 2 nitrogen and oxygen atoms in total. The molecule has 51 heavy (non-hydrogen) atoms. The minimum atomic E-state index is -0.287. The van der Waals surface area contributed by atoms with E-state index in [2.05, 4.69) is 177 Å². The highest BCUT2D eigenvalue weighted by Crippen LogP contribution is 2.55. The zero-order valence-electron chi connectivity index (χ0n) is 28.0. The van der Waals surface area contributed by atoms with Crippen molar-refractivity contribution in [3.05, 3.63) is 193 Å². The fourth-order valence-corrected chi connectivity index (χ4v) is 9.20. The standard InChI is InChI=1S/C48H32N2S/c1-48(35-18-6-3-7-19-35)40-23-10-8-21-38(40)46-39(22-13-24-41(46)48)43-30-42(49-47(50-43)31-14-4-2-5-15-31)34-17-12-16-32(28-34)33-26-27-37-36-20-9-11-25-44(36)51-45(37)29-33/h2-30H,1H3. The van der Waals surface area contributed by atoms with Gasteiger partial charge in [0.15, 0.2) is 5.82 Å². The van der Waals surface area contributed by atoms with Gasteiger partial charge in [-0.25, -0.2) is 9.97 Å². The predicted molar refractivity (Wildman–Crippen MR) is 214 cm³/mol. The molecule has 0 bridgehead atoms. The molecular weight excluding hydrogens is 637 g/mol. The molecule has 0 aliphatic heterocycles. The second kappa shape index (κ2) is 11.7. The molecule has 1 aliphatic carbocycles. The van der Waals surface area contributed by atoms with E-state index in [9.17, 15) is 0 Å². The Bertz CT molecular complexity index is 2760. The van der Waals surface area contributed by atoms with Crippen molar-refractivity contribution in [2.75, 3.05) is 0 Å². The van der Waals surface area contributed by atoms with Crippen LogP contribution < -0.4 is 0 Å². The molecule has 0 N–H and O–H groups in total. The number of aromatic nitrogens is 2. The third-order valence-corrected chi connectivity index (χ3v) is 11.7. The molecule has 3 heteroatoms. The zero-order chi connectivity index (χ0) is 33.9. The molecule has 1 unspecified atom stereocenters. The maximum atomic E-state index is 5.30. The van der Waals surface area contributed by atoms with Crippen molar-refractivity contribution in [2.45, 2.75) is 12.3 Å². The Morgan fingerprint density at radius 3 is 1.94 bits per heavy atom. The first-order chi connectivity index (χ1) is 25.1. The first-order valence-corrected chi connectivity index (χ1v) is 18.2. The molecule has 0 radical (unpaired) electrons. The lowest BCUT2D eigenvalue weighted by atomic mass is 9.74. The summed E-state index contributed by atoms with van der Waals surface area (Å²) >= 11 is 1.85. The summed E-state index contributed by atoms with van der Waals surface area (Å²) in [6.07, 6.45) is 0. The van der Waals surface area contributed by atoms with Crippen molar-refractivity contribution in [3.8, 4) is 56.2 Å². The molecule has 0 saturated carbocycles. The summed E-state index contributed by atoms with van der Waals surface area (Å²) in [5.41, 5.74) is 13.5. The quantitative estimate of drug-likeness (QED) is 0.182. The first-order valence-electron chi connectivity index (χ1n) is 17.4. The van der Waals surface area contributed by atoms with Gasteiger partial charge in [0.2, 0.25) is 0 Å². The molecule has 2 aromatic heterocycles. The van der Waals surface area contributed by atoms with Gasteiger partial charge in [0.05, 0.1) is 11.4 Å². The number of fused-ring (bicyclic) bond motifs is 6. The lowest BCUT2D eigenvalue weighted by Gasteiger charge is -2.28. The Balaban J connectivity index is 1.15. The van der Waals surface area contributed by atoms with Crippen LogP contribution in [0.2, 0.25) is 0 Å². The fraction of sp³-hybridized carbons (Fsp3) is 0.0417. The predicted octanol–water partition coefficient (Wildman–Crippen LogP) is 12.8. The van der Waals surface area contributed by atoms with E-state index < -0.39 is 0 Å². The van der Waals surface area contributed by atoms with Crippen LogP contribution in [0.25, 0.3) is 76.3 Å². The van der Waals surface area contributed by atoms with Crippen molar-refractivity contribution in [1.82, 2.24) is 9.97 Å². The van der Waals surface area contributed by atoms with Gasteiger partial charge in [0.1, 0.15) is 0 Å². The second-order valence-electron chi connectivity index (χ2n) is 13.5. The summed E-state index contributed by atoms with van der Waals surface area (Å²) in [5, 5.41) is 2.63. The number of thiophene rings is 1. The van der Waals surface area contributed by atoms with E-state index in [1.54, 1.807) is 0 Å². The van der Waals surface area contributed by atoms with Crippen LogP contribution in [-0.4, -0.2) is 9.97 Å². The Labute approximate surface area is 301 Å². The largest absolute Gasteiger partial charge is 0.228 e. The van der Waals surface area contributed by atoms with E-state index in [1.165, 1.54) is 59.1 Å². The van der Waals surface area contributed by atoms with E-state index in [4.69, 9.17) is 9.97 Å². The molecule has 0 saturated heterocycles. The summed E-state index contributed by atoms with van der Waals surface area (Å²) in [5.74, 6) is 0.718. The molecule has 0 spiro atoms. The number of benzene rings is 7. The molecule has 7 aromatic carbocycles. The normalized spacial score (nSPS) is 14.8. The van der Waals surface area contributed by atoms with Crippen LogP contribution in [0.1, 0.15) is 23.6 Å². The van der Waals surface area contributed by atoms with Crippen LogP contribution in [0.3, 0.4) is 0 Å². The van der Waals surface area contributed by atoms with Crippen molar-refractivity contribution in [3.63, 3.8) is 0 Å². The highest BCUT2D eigenvalue weighted by molar-refractivity contribution is 7.25. The number of rotatable bonds is 5. The minimum absolute atomic E-state index is 0.287. The van der Waals surface area contributed by atoms with Gasteiger partial charge in [-0.1, -0.05) is 152 Å². The Morgan fingerprint density at radius 1 is 0.431 bits per heavy atom. The van der Waals surface area contributed by atoms with Crippen molar-refractivity contribution < 1.29 is 0 Å². The molecule has 0 fully saturated rings. The van der Waals surface area contributed by atoms with Gasteiger partial charge in [0.25, 0.3) is 0 Å². The average molecular weight is 669 g/mol. The fourth-order valence-electron chi connectivity index (χ4n) is 8.05. The lowest BCUT2D eigenvalue weighted by molar-refractivity contribution is 0.714. The first kappa shape index (κ1) is 29.7. The number of hydrogen-bond donors (Lipinski definition) is 0. The highest BCUT2D eigenvalue weighted by Gasteiger charge is 2.41. The van der Waals surface area contributed by atoms with Gasteiger partial charge in [0, 0.05) is 42.3 Å². The monoisotopic (exact) mass is 668 g/mol. The van der Waals surface area contributed by atoms with Gasteiger partial charge in [-0.2, -0.15) is 0 Å². The van der Waals surface area contributed by atoms with Gasteiger partial charge in [-0.3, -0.25) is 0 Å². The summed E-state index contributed by atoms with van der Waals surface area (Å²) in [6.45, 7) is 2.36. The van der Waals surface area contributed by atoms with Gasteiger partial charge in [-0.15, -0.1) is 11.3 Å². The Kier molecular flexibility index (Phi) is 6.83. The van der Waals surface area contributed by atoms with E-state index in [0.717, 1.165) is 33.9 Å². The average Bonchev–Trinajstić information content (AvgIpc) is 3.71. The third-order valence-electron chi connectivity index (χ3n) is 10.6. The van der Waals surface area contributed by atoms with Crippen LogP contribution in [0.5, 0.6) is 0 Å². The van der Waals surface area contributed by atoms with Crippen LogP contribution >= 0.6 is 11.3 Å². The highest BCUT2D eigenvalue weighted by atomic mass is 32.1. The molecule has 2 heterocycles. The minimum Gasteiger partial charge on any atom is -0.228 e. The number of nitrogens with zero attached hydrogens (tertiary/aromatic N) is 2. The van der Waals surface area contributed by atoms with E-state index >= 15 is 0 Å². The summed E-state index contributed by atoms with van der Waals surface area (Å²) < 4.78 is 2.62. The van der Waals surface area contributed by atoms with E-state index in [1.807, 2.05) is 17.4 Å². The van der Waals surface area contributed by atoms with E-state index in [-0.39, 0.29) is 5.41 Å². The van der Waals surface area contributed by atoms with E-state index in [0.29, 0.717) is 0 Å². The zero-order valence-corrected chi connectivity index (χ0v) is 28.9. The molecule has 10 rings (SSSR count). The number of hydrogen-bond acceptors (Lipinski definition) is 3. The molecule has 0 amide bonds. The molecule has 1 aliphatic rings. The Hall–Kier alpha value is -6.16. The summed E-state index contributed by atoms with van der Waals surface area (Å²) in [6, 6.07) is 63.2. The summed E-state index contributed by atoms with van der Waals surface area (Å²) in [7, 11) is 0. The van der Waals surface area contributed by atoms with Crippen molar-refractivity contribution in [1.29, 1.82) is 0 Å². The Morgan fingerprint density at radius 2 is 1.06 bits per heavy atom. The van der Waals surface area contributed by atoms with Gasteiger partial charge in [-0.05, 0) is 70.1 Å². The second-order valence-corrected chi connectivity index (χ2v) is 14.6. The van der Waals surface area contributed by atoms with Crippen LogP contribution in [-0.2, 0) is 5.41 Å². The third kappa shape index (κ3) is 4.77. The van der Waals surface area contributed by atoms with Gasteiger partial charge >= 0.3 is 0 Å². The van der Waals surface area contributed by atoms with Crippen molar-refractivity contribution in [2.24, 2.45) is 0 Å². The lowest BCUT2D eigenvalue weighted by Crippen LogP contribution is -2.22. The smallest absolute Gasteiger partial charge is 0.160 e. The van der Waals surface area contributed by atoms with Crippen molar-refractivity contribution >= 4 is 31.5 Å². The molecule has 9 aromatic rings.